The SMILES string of the molecule is CCC(CNC(=O)OC(C)(C)C)Cc1ccc2ncccc2c1. The fourth-order valence-electron chi connectivity index (χ4n) is 2.49. The van der Waals surface area contributed by atoms with Crippen molar-refractivity contribution in [1.29, 1.82) is 0 Å². The van der Waals surface area contributed by atoms with Gasteiger partial charge >= 0.3 is 6.09 Å². The normalized spacial score (nSPS) is 12.9. The van der Waals surface area contributed by atoms with Crippen LogP contribution < -0.4 is 5.32 Å². The van der Waals surface area contributed by atoms with E-state index in [9.17, 15) is 4.79 Å². The number of benzene rings is 1. The maximum absolute atomic E-state index is 11.8. The second-order valence-electron chi connectivity index (χ2n) is 6.89. The fourth-order valence-corrected chi connectivity index (χ4v) is 2.49. The Bertz CT molecular complexity index is 662. The smallest absolute Gasteiger partial charge is 0.407 e. The van der Waals surface area contributed by atoms with Crippen LogP contribution in [0.25, 0.3) is 10.9 Å². The topological polar surface area (TPSA) is 51.2 Å². The van der Waals surface area contributed by atoms with E-state index in [1.807, 2.05) is 33.0 Å². The molecule has 0 aliphatic carbocycles. The van der Waals surface area contributed by atoms with Gasteiger partial charge in [0.2, 0.25) is 0 Å². The first-order chi connectivity index (χ1) is 10.9. The first-order valence-electron chi connectivity index (χ1n) is 8.18. The van der Waals surface area contributed by atoms with Gasteiger partial charge in [-0.1, -0.05) is 25.5 Å². The fraction of sp³-hybridized carbons (Fsp3) is 0.474. The first-order valence-corrected chi connectivity index (χ1v) is 8.18. The van der Waals surface area contributed by atoms with E-state index in [1.54, 1.807) is 0 Å². The van der Waals surface area contributed by atoms with Crippen LogP contribution in [0.3, 0.4) is 0 Å². The molecule has 1 amide bonds. The van der Waals surface area contributed by atoms with E-state index >= 15 is 0 Å². The van der Waals surface area contributed by atoms with Gasteiger partial charge in [-0.2, -0.15) is 0 Å². The van der Waals surface area contributed by atoms with E-state index in [0.29, 0.717) is 12.5 Å². The van der Waals surface area contributed by atoms with Gasteiger partial charge in [-0.15, -0.1) is 0 Å². The van der Waals surface area contributed by atoms with Gasteiger partial charge in [0.1, 0.15) is 5.60 Å². The number of fused-ring (bicyclic) bond motifs is 1. The molecule has 0 fully saturated rings. The van der Waals surface area contributed by atoms with Crippen molar-refractivity contribution in [2.75, 3.05) is 6.54 Å². The molecule has 1 atom stereocenters. The average Bonchev–Trinajstić information content (AvgIpc) is 2.49. The minimum absolute atomic E-state index is 0.348. The Balaban J connectivity index is 1.94. The number of aromatic nitrogens is 1. The van der Waals surface area contributed by atoms with Crippen LogP contribution in [0.15, 0.2) is 36.5 Å². The molecule has 0 aliphatic heterocycles. The third-order valence-corrected chi connectivity index (χ3v) is 3.70. The van der Waals surface area contributed by atoms with Crippen LogP contribution in [0.2, 0.25) is 0 Å². The third kappa shape index (κ3) is 5.55. The molecule has 0 aliphatic rings. The van der Waals surface area contributed by atoms with Crippen LogP contribution in [0.4, 0.5) is 4.79 Å². The van der Waals surface area contributed by atoms with E-state index in [0.717, 1.165) is 23.7 Å². The molecule has 0 spiro atoms. The lowest BCUT2D eigenvalue weighted by molar-refractivity contribution is 0.0518. The van der Waals surface area contributed by atoms with Crippen molar-refractivity contribution in [1.82, 2.24) is 10.3 Å². The summed E-state index contributed by atoms with van der Waals surface area (Å²) in [5.41, 5.74) is 1.82. The minimum Gasteiger partial charge on any atom is -0.444 e. The third-order valence-electron chi connectivity index (χ3n) is 3.70. The zero-order valence-corrected chi connectivity index (χ0v) is 14.4. The molecule has 2 aromatic rings. The van der Waals surface area contributed by atoms with Gasteiger partial charge in [0.15, 0.2) is 0 Å². The summed E-state index contributed by atoms with van der Waals surface area (Å²) >= 11 is 0. The van der Waals surface area contributed by atoms with Crippen molar-refractivity contribution in [2.24, 2.45) is 5.92 Å². The van der Waals surface area contributed by atoms with Crippen LogP contribution in [0.1, 0.15) is 39.7 Å². The van der Waals surface area contributed by atoms with Gasteiger partial charge < -0.3 is 10.1 Å². The van der Waals surface area contributed by atoms with Crippen molar-refractivity contribution < 1.29 is 9.53 Å². The lowest BCUT2D eigenvalue weighted by atomic mass is 9.96. The van der Waals surface area contributed by atoms with E-state index in [2.05, 4.69) is 41.5 Å². The number of alkyl carbamates (subject to hydrolysis) is 1. The quantitative estimate of drug-likeness (QED) is 0.893. The summed E-state index contributed by atoms with van der Waals surface area (Å²) in [6.07, 6.45) is 3.39. The number of amides is 1. The Kier molecular flexibility index (Phi) is 5.59. The number of ether oxygens (including phenoxy) is 1. The van der Waals surface area contributed by atoms with E-state index in [1.165, 1.54) is 5.56 Å². The van der Waals surface area contributed by atoms with Crippen LogP contribution >= 0.6 is 0 Å². The van der Waals surface area contributed by atoms with E-state index < -0.39 is 5.60 Å². The number of carbonyl (C=O) groups is 1. The van der Waals surface area contributed by atoms with Gasteiger partial charge in [-0.25, -0.2) is 4.79 Å². The summed E-state index contributed by atoms with van der Waals surface area (Å²) in [7, 11) is 0. The van der Waals surface area contributed by atoms with Gasteiger partial charge in [0.05, 0.1) is 5.52 Å². The minimum atomic E-state index is -0.461. The first kappa shape index (κ1) is 17.3. The van der Waals surface area contributed by atoms with Crippen molar-refractivity contribution in [2.45, 2.75) is 46.1 Å². The molecule has 1 heterocycles. The summed E-state index contributed by atoms with van der Waals surface area (Å²) in [6, 6.07) is 10.4. The van der Waals surface area contributed by atoms with Crippen LogP contribution in [0.5, 0.6) is 0 Å². The summed E-state index contributed by atoms with van der Waals surface area (Å²) in [5.74, 6) is 0.386. The highest BCUT2D eigenvalue weighted by molar-refractivity contribution is 5.78. The molecule has 0 saturated carbocycles. The van der Waals surface area contributed by atoms with Gasteiger partial charge in [-0.3, -0.25) is 4.98 Å². The summed E-state index contributed by atoms with van der Waals surface area (Å²) < 4.78 is 5.28. The molecular weight excluding hydrogens is 288 g/mol. The number of nitrogens with one attached hydrogen (secondary N) is 1. The lowest BCUT2D eigenvalue weighted by Gasteiger charge is -2.21. The molecule has 1 aromatic heterocycles. The lowest BCUT2D eigenvalue weighted by Crippen LogP contribution is -2.35. The number of hydrogen-bond acceptors (Lipinski definition) is 3. The number of pyridine rings is 1. The predicted molar refractivity (Wildman–Crippen MR) is 93.5 cm³/mol. The molecular formula is C19H26N2O2. The van der Waals surface area contributed by atoms with Crippen LogP contribution in [-0.4, -0.2) is 23.2 Å². The molecule has 4 nitrogen and oxygen atoms in total. The Morgan fingerprint density at radius 1 is 1.30 bits per heavy atom. The summed E-state index contributed by atoms with van der Waals surface area (Å²) in [6.45, 7) is 8.37. The molecule has 23 heavy (non-hydrogen) atoms. The monoisotopic (exact) mass is 314 g/mol. The highest BCUT2D eigenvalue weighted by atomic mass is 16.6. The molecule has 0 saturated heterocycles. The molecule has 1 aromatic carbocycles. The summed E-state index contributed by atoms with van der Waals surface area (Å²) in [5, 5.41) is 4.03. The van der Waals surface area contributed by atoms with Crippen LogP contribution in [0, 0.1) is 5.92 Å². The predicted octanol–water partition coefficient (Wildman–Crippen LogP) is 4.33. The second-order valence-corrected chi connectivity index (χ2v) is 6.89. The number of carbonyl (C=O) groups excluding carboxylic acids is 1. The molecule has 0 radical (unpaired) electrons. The van der Waals surface area contributed by atoms with Crippen molar-refractivity contribution in [3.63, 3.8) is 0 Å². The molecule has 4 heteroatoms. The summed E-state index contributed by atoms with van der Waals surface area (Å²) in [4.78, 5) is 16.1. The molecule has 1 unspecified atom stereocenters. The molecule has 2 rings (SSSR count). The maximum atomic E-state index is 11.8. The number of rotatable bonds is 5. The van der Waals surface area contributed by atoms with Gasteiger partial charge in [-0.05, 0) is 56.9 Å². The Hall–Kier alpha value is -2.10. The zero-order valence-electron chi connectivity index (χ0n) is 14.4. The van der Waals surface area contributed by atoms with E-state index in [4.69, 9.17) is 4.74 Å². The van der Waals surface area contributed by atoms with Crippen molar-refractivity contribution in [3.05, 3.63) is 42.1 Å². The highest BCUT2D eigenvalue weighted by Gasteiger charge is 2.17. The largest absolute Gasteiger partial charge is 0.444 e. The van der Waals surface area contributed by atoms with Crippen molar-refractivity contribution in [3.8, 4) is 0 Å². The Labute approximate surface area is 138 Å². The zero-order chi connectivity index (χ0) is 16.9. The van der Waals surface area contributed by atoms with Gasteiger partial charge in [0.25, 0.3) is 0 Å². The number of nitrogens with zero attached hydrogens (tertiary/aromatic N) is 1. The second kappa shape index (κ2) is 7.44. The number of hydrogen-bond donors (Lipinski definition) is 1. The Morgan fingerprint density at radius 3 is 2.78 bits per heavy atom. The van der Waals surface area contributed by atoms with Crippen molar-refractivity contribution >= 4 is 17.0 Å². The highest BCUT2D eigenvalue weighted by Crippen LogP contribution is 2.17. The van der Waals surface area contributed by atoms with E-state index in [-0.39, 0.29) is 6.09 Å². The molecule has 0 bridgehead atoms. The molecule has 124 valence electrons. The van der Waals surface area contributed by atoms with Gasteiger partial charge in [0, 0.05) is 18.1 Å². The van der Waals surface area contributed by atoms with Crippen LogP contribution in [-0.2, 0) is 11.2 Å². The standard InChI is InChI=1S/C19H26N2O2/c1-5-14(13-21-18(22)23-19(2,3)4)11-15-8-9-17-16(12-15)7-6-10-20-17/h6-10,12,14H,5,11,13H2,1-4H3,(H,21,22). The maximum Gasteiger partial charge on any atom is 0.407 e. The average molecular weight is 314 g/mol. The molecule has 1 N–H and O–H groups in total. The Morgan fingerprint density at radius 2 is 2.09 bits per heavy atom.